The van der Waals surface area contributed by atoms with Crippen molar-refractivity contribution < 1.29 is 4.74 Å². The number of benzene rings is 1. The van der Waals surface area contributed by atoms with Crippen LogP contribution in [0.5, 0.6) is 11.6 Å². The van der Waals surface area contributed by atoms with E-state index in [-0.39, 0.29) is 0 Å². The Morgan fingerprint density at radius 3 is 2.43 bits per heavy atom. The highest BCUT2D eigenvalue weighted by molar-refractivity contribution is 5.56. The maximum atomic E-state index is 9.00. The Morgan fingerprint density at radius 1 is 1.29 bits per heavy atom. The number of nitriles is 1. The van der Waals surface area contributed by atoms with Crippen LogP contribution in [0.1, 0.15) is 35.7 Å². The van der Waals surface area contributed by atoms with E-state index in [2.05, 4.69) is 18.1 Å². The highest BCUT2D eigenvalue weighted by Gasteiger charge is 2.17. The number of aryl methyl sites for hydroxylation is 4. The lowest BCUT2D eigenvalue weighted by Gasteiger charge is -2.14. The van der Waals surface area contributed by atoms with Gasteiger partial charge in [-0.3, -0.25) is 0 Å². The molecule has 2 rings (SSSR count). The van der Waals surface area contributed by atoms with E-state index < -0.39 is 0 Å². The van der Waals surface area contributed by atoms with Gasteiger partial charge in [-0.15, -0.1) is 0 Å². The molecule has 0 amide bonds. The molecule has 5 nitrogen and oxygen atoms in total. The predicted molar refractivity (Wildman–Crippen MR) is 82.4 cm³/mol. The summed E-state index contributed by atoms with van der Waals surface area (Å²) in [4.78, 5) is 0. The van der Waals surface area contributed by atoms with Gasteiger partial charge in [-0.2, -0.15) is 10.4 Å². The van der Waals surface area contributed by atoms with E-state index in [0.29, 0.717) is 17.1 Å². The molecule has 1 aromatic heterocycles. The van der Waals surface area contributed by atoms with Crippen LogP contribution in [0.25, 0.3) is 0 Å². The van der Waals surface area contributed by atoms with E-state index in [4.69, 9.17) is 15.7 Å². The van der Waals surface area contributed by atoms with Crippen LogP contribution in [-0.2, 0) is 6.54 Å². The minimum Gasteiger partial charge on any atom is -0.437 e. The van der Waals surface area contributed by atoms with Crippen molar-refractivity contribution in [3.63, 3.8) is 0 Å². The Morgan fingerprint density at radius 2 is 1.90 bits per heavy atom. The standard InChI is InChI=1S/C16H20N4O/c1-5-6-20-16(14(18)12(4)19-20)21-15-10(2)7-13(9-17)8-11(15)3/h7-8H,5-6,18H2,1-4H3. The highest BCUT2D eigenvalue weighted by Crippen LogP contribution is 2.34. The molecule has 110 valence electrons. The van der Waals surface area contributed by atoms with Gasteiger partial charge in [0.25, 0.3) is 0 Å². The van der Waals surface area contributed by atoms with Gasteiger partial charge in [0.15, 0.2) is 0 Å². The van der Waals surface area contributed by atoms with Crippen molar-refractivity contribution in [3.05, 3.63) is 34.5 Å². The second-order valence-electron chi connectivity index (χ2n) is 5.18. The van der Waals surface area contributed by atoms with E-state index in [1.54, 1.807) is 4.68 Å². The average molecular weight is 284 g/mol. The number of nitrogens with zero attached hydrogens (tertiary/aromatic N) is 3. The third-order valence-corrected chi connectivity index (χ3v) is 3.35. The molecule has 0 fully saturated rings. The lowest BCUT2D eigenvalue weighted by atomic mass is 10.1. The van der Waals surface area contributed by atoms with Crippen LogP contribution in [0.3, 0.4) is 0 Å². The zero-order valence-electron chi connectivity index (χ0n) is 12.9. The van der Waals surface area contributed by atoms with Gasteiger partial charge in [0.05, 0.1) is 17.3 Å². The second kappa shape index (κ2) is 5.88. The number of hydrogen-bond acceptors (Lipinski definition) is 4. The number of anilines is 1. The zero-order valence-corrected chi connectivity index (χ0v) is 12.9. The van der Waals surface area contributed by atoms with E-state index in [1.807, 2.05) is 32.9 Å². The number of ether oxygens (including phenoxy) is 1. The molecule has 0 aliphatic rings. The quantitative estimate of drug-likeness (QED) is 0.932. The number of aromatic nitrogens is 2. The molecule has 5 heteroatoms. The van der Waals surface area contributed by atoms with Crippen LogP contribution in [-0.4, -0.2) is 9.78 Å². The molecule has 1 heterocycles. The lowest BCUT2D eigenvalue weighted by molar-refractivity contribution is 0.406. The first-order valence-electron chi connectivity index (χ1n) is 7.00. The Balaban J connectivity index is 2.46. The molecule has 0 aliphatic heterocycles. The van der Waals surface area contributed by atoms with Gasteiger partial charge in [-0.25, -0.2) is 4.68 Å². The molecule has 0 saturated heterocycles. The summed E-state index contributed by atoms with van der Waals surface area (Å²) in [7, 11) is 0. The first-order chi connectivity index (χ1) is 9.97. The third-order valence-electron chi connectivity index (χ3n) is 3.35. The molecule has 0 saturated carbocycles. The molecule has 0 radical (unpaired) electrons. The molecule has 0 unspecified atom stereocenters. The third kappa shape index (κ3) is 2.84. The van der Waals surface area contributed by atoms with Gasteiger partial charge < -0.3 is 10.5 Å². The molecule has 0 spiro atoms. The summed E-state index contributed by atoms with van der Waals surface area (Å²) in [5.41, 5.74) is 9.85. The Bertz CT molecular complexity index is 687. The minimum absolute atomic E-state index is 0.562. The van der Waals surface area contributed by atoms with Gasteiger partial charge in [0, 0.05) is 6.54 Å². The summed E-state index contributed by atoms with van der Waals surface area (Å²) in [5.74, 6) is 1.31. The summed E-state index contributed by atoms with van der Waals surface area (Å²) >= 11 is 0. The van der Waals surface area contributed by atoms with Crippen molar-refractivity contribution in [1.29, 1.82) is 5.26 Å². The van der Waals surface area contributed by atoms with E-state index in [1.165, 1.54) is 0 Å². The first-order valence-corrected chi connectivity index (χ1v) is 7.00. The molecule has 0 aliphatic carbocycles. The summed E-state index contributed by atoms with van der Waals surface area (Å²) in [6, 6.07) is 5.77. The van der Waals surface area contributed by atoms with E-state index >= 15 is 0 Å². The minimum atomic E-state index is 0.562. The van der Waals surface area contributed by atoms with Crippen molar-refractivity contribution in [2.24, 2.45) is 0 Å². The maximum absolute atomic E-state index is 9.00. The molecule has 2 aromatic rings. The van der Waals surface area contributed by atoms with Gasteiger partial charge in [0.1, 0.15) is 11.4 Å². The largest absolute Gasteiger partial charge is 0.437 e. The number of hydrogen-bond donors (Lipinski definition) is 1. The number of rotatable bonds is 4. The summed E-state index contributed by atoms with van der Waals surface area (Å²) in [6.07, 6.45) is 0.947. The molecular formula is C16H20N4O. The van der Waals surface area contributed by atoms with Crippen LogP contribution in [0.15, 0.2) is 12.1 Å². The van der Waals surface area contributed by atoms with Crippen molar-refractivity contribution >= 4 is 5.69 Å². The van der Waals surface area contributed by atoms with Crippen LogP contribution < -0.4 is 10.5 Å². The molecule has 1 aromatic carbocycles. The van der Waals surface area contributed by atoms with Crippen LogP contribution in [0.4, 0.5) is 5.69 Å². The first kappa shape index (κ1) is 14.9. The summed E-state index contributed by atoms with van der Waals surface area (Å²) in [5, 5.41) is 13.4. The highest BCUT2D eigenvalue weighted by atomic mass is 16.5. The van der Waals surface area contributed by atoms with E-state index in [0.717, 1.165) is 35.5 Å². The van der Waals surface area contributed by atoms with Gasteiger partial charge >= 0.3 is 0 Å². The van der Waals surface area contributed by atoms with Crippen molar-refractivity contribution in [1.82, 2.24) is 9.78 Å². The fraction of sp³-hybridized carbons (Fsp3) is 0.375. The monoisotopic (exact) mass is 284 g/mol. The number of nitrogens with two attached hydrogens (primary N) is 1. The fourth-order valence-corrected chi connectivity index (χ4v) is 2.32. The fourth-order valence-electron chi connectivity index (χ4n) is 2.32. The molecular weight excluding hydrogens is 264 g/mol. The van der Waals surface area contributed by atoms with Crippen LogP contribution in [0.2, 0.25) is 0 Å². The van der Waals surface area contributed by atoms with Crippen LogP contribution >= 0.6 is 0 Å². The second-order valence-corrected chi connectivity index (χ2v) is 5.18. The van der Waals surface area contributed by atoms with Crippen LogP contribution in [0, 0.1) is 32.1 Å². The van der Waals surface area contributed by atoms with Crippen molar-refractivity contribution in [2.75, 3.05) is 5.73 Å². The topological polar surface area (TPSA) is 76.9 Å². The zero-order chi connectivity index (χ0) is 15.6. The number of nitrogen functional groups attached to an aromatic ring is 1. The molecule has 0 atom stereocenters. The SMILES string of the molecule is CCCn1nc(C)c(N)c1Oc1c(C)cc(C#N)cc1C. The van der Waals surface area contributed by atoms with Crippen molar-refractivity contribution in [2.45, 2.75) is 40.7 Å². The van der Waals surface area contributed by atoms with Gasteiger partial charge in [-0.05, 0) is 50.5 Å². The predicted octanol–water partition coefficient (Wildman–Crippen LogP) is 3.46. The molecule has 2 N–H and O–H groups in total. The van der Waals surface area contributed by atoms with Gasteiger partial charge in [0.2, 0.25) is 5.88 Å². The Labute approximate surface area is 124 Å². The summed E-state index contributed by atoms with van der Waals surface area (Å²) in [6.45, 7) is 8.54. The Kier molecular flexibility index (Phi) is 4.18. The normalized spacial score (nSPS) is 10.4. The van der Waals surface area contributed by atoms with Gasteiger partial charge in [-0.1, -0.05) is 6.92 Å². The summed E-state index contributed by atoms with van der Waals surface area (Å²) < 4.78 is 7.83. The van der Waals surface area contributed by atoms with Crippen molar-refractivity contribution in [3.8, 4) is 17.7 Å². The Hall–Kier alpha value is -2.48. The molecule has 0 bridgehead atoms. The van der Waals surface area contributed by atoms with E-state index in [9.17, 15) is 0 Å². The smallest absolute Gasteiger partial charge is 0.241 e. The maximum Gasteiger partial charge on any atom is 0.241 e. The lowest BCUT2D eigenvalue weighted by Crippen LogP contribution is -2.04. The molecule has 21 heavy (non-hydrogen) atoms. The average Bonchev–Trinajstić information content (AvgIpc) is 2.70.